The number of hydrogen-bond donors (Lipinski definition) is 0. The highest BCUT2D eigenvalue weighted by molar-refractivity contribution is 7.92. The standard InChI is InChI=1S/C10H17N3O3S/c1-5-6-13-8(7-11-12-13)9(14)10(2,3)17(4,15)16/h7H,5-6H2,1-4H3. The molecule has 0 aliphatic carbocycles. The first-order valence-electron chi connectivity index (χ1n) is 5.34. The molecule has 1 rings (SSSR count). The zero-order valence-corrected chi connectivity index (χ0v) is 11.3. The van der Waals surface area contributed by atoms with Gasteiger partial charge in [0.25, 0.3) is 0 Å². The molecule has 96 valence electrons. The van der Waals surface area contributed by atoms with Gasteiger partial charge in [-0.05, 0) is 20.3 Å². The number of ketones is 1. The number of hydrogen-bond acceptors (Lipinski definition) is 5. The largest absolute Gasteiger partial charge is 0.291 e. The molecular weight excluding hydrogens is 242 g/mol. The number of nitrogens with zero attached hydrogens (tertiary/aromatic N) is 3. The van der Waals surface area contributed by atoms with Crippen molar-refractivity contribution in [3.05, 3.63) is 11.9 Å². The molecule has 0 fully saturated rings. The van der Waals surface area contributed by atoms with Crippen LogP contribution in [-0.2, 0) is 16.4 Å². The lowest BCUT2D eigenvalue weighted by Crippen LogP contribution is -2.41. The summed E-state index contributed by atoms with van der Waals surface area (Å²) in [4.78, 5) is 12.2. The second-order valence-corrected chi connectivity index (χ2v) is 7.02. The molecule has 0 amide bonds. The Balaban J connectivity index is 3.17. The molecule has 0 saturated carbocycles. The summed E-state index contributed by atoms with van der Waals surface area (Å²) in [5, 5.41) is 7.43. The highest BCUT2D eigenvalue weighted by Crippen LogP contribution is 2.21. The minimum atomic E-state index is -3.48. The second kappa shape index (κ2) is 4.56. The fourth-order valence-electron chi connectivity index (χ4n) is 1.29. The third kappa shape index (κ3) is 2.54. The first kappa shape index (κ1) is 13.8. The Morgan fingerprint density at radius 1 is 1.47 bits per heavy atom. The van der Waals surface area contributed by atoms with E-state index in [1.54, 1.807) is 0 Å². The van der Waals surface area contributed by atoms with E-state index in [-0.39, 0.29) is 5.69 Å². The highest BCUT2D eigenvalue weighted by atomic mass is 32.2. The van der Waals surface area contributed by atoms with Crippen LogP contribution in [0.1, 0.15) is 37.7 Å². The van der Waals surface area contributed by atoms with Crippen LogP contribution < -0.4 is 0 Å². The van der Waals surface area contributed by atoms with Crippen molar-refractivity contribution in [1.29, 1.82) is 0 Å². The van der Waals surface area contributed by atoms with Crippen LogP contribution in [0.4, 0.5) is 0 Å². The average Bonchev–Trinajstić information content (AvgIpc) is 2.63. The number of rotatable bonds is 5. The van der Waals surface area contributed by atoms with Crippen molar-refractivity contribution in [1.82, 2.24) is 15.0 Å². The van der Waals surface area contributed by atoms with Crippen LogP contribution in [-0.4, -0.2) is 40.2 Å². The Morgan fingerprint density at radius 3 is 2.53 bits per heavy atom. The van der Waals surface area contributed by atoms with E-state index < -0.39 is 20.4 Å². The quantitative estimate of drug-likeness (QED) is 0.727. The normalized spacial score (nSPS) is 12.7. The monoisotopic (exact) mass is 259 g/mol. The van der Waals surface area contributed by atoms with Crippen molar-refractivity contribution < 1.29 is 13.2 Å². The van der Waals surface area contributed by atoms with Crippen LogP contribution in [0.25, 0.3) is 0 Å². The fraction of sp³-hybridized carbons (Fsp3) is 0.700. The molecule has 0 radical (unpaired) electrons. The van der Waals surface area contributed by atoms with Crippen molar-refractivity contribution in [2.45, 2.75) is 38.5 Å². The maximum absolute atomic E-state index is 12.2. The summed E-state index contributed by atoms with van der Waals surface area (Å²) in [5.74, 6) is -0.474. The van der Waals surface area contributed by atoms with Gasteiger partial charge in [0.15, 0.2) is 9.84 Å². The molecule has 1 heterocycles. The third-order valence-electron chi connectivity index (χ3n) is 2.76. The van der Waals surface area contributed by atoms with Crippen LogP contribution in [0.5, 0.6) is 0 Å². The van der Waals surface area contributed by atoms with E-state index in [9.17, 15) is 13.2 Å². The fourth-order valence-corrected chi connectivity index (χ4v) is 1.73. The van der Waals surface area contributed by atoms with E-state index >= 15 is 0 Å². The predicted octanol–water partition coefficient (Wildman–Crippen LogP) is 0.694. The Hall–Kier alpha value is -1.24. The minimum Gasteiger partial charge on any atom is -0.291 e. The van der Waals surface area contributed by atoms with Crippen LogP contribution in [0.2, 0.25) is 0 Å². The summed E-state index contributed by atoms with van der Waals surface area (Å²) >= 11 is 0. The van der Waals surface area contributed by atoms with Crippen molar-refractivity contribution in [2.75, 3.05) is 6.26 Å². The molecule has 0 saturated heterocycles. The van der Waals surface area contributed by atoms with Crippen LogP contribution >= 0.6 is 0 Å². The molecule has 6 nitrogen and oxygen atoms in total. The maximum atomic E-state index is 12.2. The number of carbonyl (C=O) groups is 1. The average molecular weight is 259 g/mol. The first-order valence-corrected chi connectivity index (χ1v) is 7.24. The number of aromatic nitrogens is 3. The molecule has 0 bridgehead atoms. The summed E-state index contributed by atoms with van der Waals surface area (Å²) in [6.45, 7) is 5.28. The lowest BCUT2D eigenvalue weighted by Gasteiger charge is -2.20. The molecular formula is C10H17N3O3S. The maximum Gasteiger partial charge on any atom is 0.203 e. The van der Waals surface area contributed by atoms with Gasteiger partial charge in [-0.1, -0.05) is 12.1 Å². The molecule has 0 aromatic carbocycles. The molecule has 0 aliphatic heterocycles. The first-order chi connectivity index (χ1) is 7.71. The Bertz CT molecular complexity index is 517. The molecule has 17 heavy (non-hydrogen) atoms. The summed E-state index contributed by atoms with van der Waals surface area (Å²) in [6, 6.07) is 0. The molecule has 0 atom stereocenters. The number of Topliss-reactive ketones (excluding diaryl/α,β-unsaturated/α-hetero) is 1. The summed E-state index contributed by atoms with van der Waals surface area (Å²) in [5.41, 5.74) is 0.238. The molecule has 1 aromatic rings. The van der Waals surface area contributed by atoms with Gasteiger partial charge in [-0.3, -0.25) is 4.79 Å². The van der Waals surface area contributed by atoms with Gasteiger partial charge in [0.1, 0.15) is 10.4 Å². The third-order valence-corrected chi connectivity index (χ3v) is 4.80. The molecule has 0 spiro atoms. The van der Waals surface area contributed by atoms with Crippen molar-refractivity contribution in [3.63, 3.8) is 0 Å². The molecule has 7 heteroatoms. The van der Waals surface area contributed by atoms with E-state index in [2.05, 4.69) is 10.3 Å². The Morgan fingerprint density at radius 2 is 2.06 bits per heavy atom. The topological polar surface area (TPSA) is 81.9 Å². The summed E-state index contributed by atoms with van der Waals surface area (Å²) in [6.07, 6.45) is 3.16. The minimum absolute atomic E-state index is 0.238. The van der Waals surface area contributed by atoms with E-state index in [1.165, 1.54) is 24.7 Å². The lowest BCUT2D eigenvalue weighted by atomic mass is 10.1. The van der Waals surface area contributed by atoms with E-state index in [1.807, 2.05) is 6.92 Å². The Labute approximate surface area is 101 Å². The number of carbonyl (C=O) groups excluding carboxylic acids is 1. The van der Waals surface area contributed by atoms with Crippen LogP contribution in [0.15, 0.2) is 6.20 Å². The van der Waals surface area contributed by atoms with Gasteiger partial charge in [-0.2, -0.15) is 0 Å². The van der Waals surface area contributed by atoms with Crippen molar-refractivity contribution >= 4 is 15.6 Å². The van der Waals surface area contributed by atoms with Gasteiger partial charge >= 0.3 is 0 Å². The lowest BCUT2D eigenvalue weighted by molar-refractivity contribution is 0.0943. The molecule has 1 aromatic heterocycles. The van der Waals surface area contributed by atoms with E-state index in [0.29, 0.717) is 6.54 Å². The van der Waals surface area contributed by atoms with Gasteiger partial charge in [0.05, 0.1) is 6.20 Å². The van der Waals surface area contributed by atoms with Crippen molar-refractivity contribution in [2.24, 2.45) is 0 Å². The zero-order chi connectivity index (χ0) is 13.3. The summed E-state index contributed by atoms with van der Waals surface area (Å²) in [7, 11) is -3.48. The number of aryl methyl sites for hydroxylation is 1. The van der Waals surface area contributed by atoms with E-state index in [4.69, 9.17) is 0 Å². The van der Waals surface area contributed by atoms with Crippen LogP contribution in [0, 0.1) is 0 Å². The van der Waals surface area contributed by atoms with Gasteiger partial charge in [0, 0.05) is 12.8 Å². The van der Waals surface area contributed by atoms with Crippen LogP contribution in [0.3, 0.4) is 0 Å². The predicted molar refractivity (Wildman–Crippen MR) is 63.6 cm³/mol. The number of sulfone groups is 1. The smallest absolute Gasteiger partial charge is 0.203 e. The zero-order valence-electron chi connectivity index (χ0n) is 10.5. The highest BCUT2D eigenvalue weighted by Gasteiger charge is 2.40. The molecule has 0 unspecified atom stereocenters. The molecule has 0 N–H and O–H groups in total. The Kier molecular flexibility index (Phi) is 3.71. The molecule has 0 aliphatic rings. The van der Waals surface area contributed by atoms with Gasteiger partial charge in [-0.15, -0.1) is 5.10 Å². The second-order valence-electron chi connectivity index (χ2n) is 4.45. The van der Waals surface area contributed by atoms with E-state index in [0.717, 1.165) is 12.7 Å². The van der Waals surface area contributed by atoms with Gasteiger partial charge in [-0.25, -0.2) is 13.1 Å². The van der Waals surface area contributed by atoms with Gasteiger partial charge < -0.3 is 0 Å². The summed E-state index contributed by atoms with van der Waals surface area (Å²) < 4.78 is 23.2. The SMILES string of the molecule is CCCn1nncc1C(=O)C(C)(C)S(C)(=O)=O. The van der Waals surface area contributed by atoms with Gasteiger partial charge in [0.2, 0.25) is 5.78 Å². The van der Waals surface area contributed by atoms with Crippen molar-refractivity contribution in [3.8, 4) is 0 Å².